The summed E-state index contributed by atoms with van der Waals surface area (Å²) in [6, 6.07) is 0. The predicted octanol–water partition coefficient (Wildman–Crippen LogP) is 0.509. The lowest BCUT2D eigenvalue weighted by atomic mass is 10.3. The maximum atomic E-state index is 8.95. The van der Waals surface area contributed by atoms with Crippen LogP contribution in [-0.4, -0.2) is 40.5 Å². The highest BCUT2D eigenvalue weighted by molar-refractivity contribution is 7.75. The van der Waals surface area contributed by atoms with Gasteiger partial charge >= 0.3 is 0 Å². The summed E-state index contributed by atoms with van der Waals surface area (Å²) in [4.78, 5) is 0. The summed E-state index contributed by atoms with van der Waals surface area (Å²) < 4.78 is 0. The van der Waals surface area contributed by atoms with Crippen molar-refractivity contribution >= 4 is 7.26 Å². The summed E-state index contributed by atoms with van der Waals surface area (Å²) in [6.07, 6.45) is 0.630. The number of aliphatic hydroxyl groups is 3. The molecule has 0 unspecified atom stereocenters. The van der Waals surface area contributed by atoms with Gasteiger partial charge in [0.2, 0.25) is 0 Å². The molecule has 0 aliphatic carbocycles. The van der Waals surface area contributed by atoms with E-state index in [1.165, 1.54) is 0 Å². The molecule has 68 valence electrons. The standard InChI is InChI=1S/C7H18O3P/c1-7(2)3-11(4-8,5-9)6-10/h7-10H,3-6H2,1-2H3/q+1. The Morgan fingerprint density at radius 3 is 1.45 bits per heavy atom. The van der Waals surface area contributed by atoms with Gasteiger partial charge in [0.05, 0.1) is 13.4 Å². The molecule has 11 heavy (non-hydrogen) atoms. The first-order valence-corrected chi connectivity index (χ1v) is 6.31. The van der Waals surface area contributed by atoms with Crippen molar-refractivity contribution in [1.29, 1.82) is 0 Å². The van der Waals surface area contributed by atoms with Gasteiger partial charge in [0.1, 0.15) is 0 Å². The van der Waals surface area contributed by atoms with Crippen LogP contribution in [0.3, 0.4) is 0 Å². The highest BCUT2D eigenvalue weighted by Gasteiger charge is 2.36. The number of aliphatic hydroxyl groups excluding tert-OH is 3. The van der Waals surface area contributed by atoms with E-state index in [1.54, 1.807) is 0 Å². The van der Waals surface area contributed by atoms with E-state index in [1.807, 2.05) is 13.8 Å². The summed E-state index contributed by atoms with van der Waals surface area (Å²) >= 11 is 0. The molecule has 3 nitrogen and oxygen atoms in total. The maximum absolute atomic E-state index is 8.95. The molecule has 0 aliphatic rings. The largest absolute Gasteiger partial charge is 0.362 e. The van der Waals surface area contributed by atoms with Gasteiger partial charge in [0.25, 0.3) is 0 Å². The van der Waals surface area contributed by atoms with Gasteiger partial charge in [0, 0.05) is 0 Å². The predicted molar refractivity (Wildman–Crippen MR) is 47.9 cm³/mol. The van der Waals surface area contributed by atoms with Crippen molar-refractivity contribution in [3.05, 3.63) is 0 Å². The molecule has 0 aromatic rings. The van der Waals surface area contributed by atoms with Gasteiger partial charge in [0.15, 0.2) is 19.0 Å². The second-order valence-corrected chi connectivity index (χ2v) is 7.24. The maximum Gasteiger partial charge on any atom is 0.158 e. The van der Waals surface area contributed by atoms with E-state index in [0.717, 1.165) is 6.16 Å². The molecule has 0 bridgehead atoms. The van der Waals surface area contributed by atoms with Crippen molar-refractivity contribution in [2.24, 2.45) is 5.92 Å². The smallest absolute Gasteiger partial charge is 0.158 e. The summed E-state index contributed by atoms with van der Waals surface area (Å²) in [5, 5.41) is 26.9. The quantitative estimate of drug-likeness (QED) is 0.541. The lowest BCUT2D eigenvalue weighted by molar-refractivity contribution is 0.310. The van der Waals surface area contributed by atoms with Gasteiger partial charge in [-0.3, -0.25) is 0 Å². The van der Waals surface area contributed by atoms with E-state index < -0.39 is 7.26 Å². The Morgan fingerprint density at radius 2 is 1.36 bits per heavy atom. The van der Waals surface area contributed by atoms with Gasteiger partial charge in [-0.25, -0.2) is 0 Å². The van der Waals surface area contributed by atoms with E-state index in [-0.39, 0.29) is 19.0 Å². The highest BCUT2D eigenvalue weighted by atomic mass is 31.2. The SMILES string of the molecule is CC(C)C[P+](CO)(CO)CO. The normalized spacial score (nSPS) is 12.5. The van der Waals surface area contributed by atoms with Gasteiger partial charge in [-0.15, -0.1) is 0 Å². The molecule has 3 N–H and O–H groups in total. The molecule has 0 fully saturated rings. The molecule has 0 spiro atoms. The van der Waals surface area contributed by atoms with Gasteiger partial charge in [-0.2, -0.15) is 0 Å². The van der Waals surface area contributed by atoms with Crippen LogP contribution in [0.1, 0.15) is 13.8 Å². The Bertz CT molecular complexity index is 93.6. The fraction of sp³-hybridized carbons (Fsp3) is 1.00. The minimum Gasteiger partial charge on any atom is -0.362 e. The zero-order chi connectivity index (χ0) is 8.91. The van der Waals surface area contributed by atoms with Gasteiger partial charge < -0.3 is 15.3 Å². The first-order chi connectivity index (χ1) is 5.10. The van der Waals surface area contributed by atoms with E-state index >= 15 is 0 Å². The molecule has 0 atom stereocenters. The Balaban J connectivity index is 4.05. The fourth-order valence-corrected chi connectivity index (χ4v) is 3.25. The van der Waals surface area contributed by atoms with Crippen molar-refractivity contribution in [1.82, 2.24) is 0 Å². The van der Waals surface area contributed by atoms with Crippen molar-refractivity contribution in [2.75, 3.05) is 25.2 Å². The summed E-state index contributed by atoms with van der Waals surface area (Å²) in [5.41, 5.74) is 0. The van der Waals surface area contributed by atoms with Crippen LogP contribution in [-0.2, 0) is 0 Å². The molecular formula is C7H18O3P+. The zero-order valence-corrected chi connectivity index (χ0v) is 8.09. The number of rotatable bonds is 5. The fourth-order valence-electron chi connectivity index (χ4n) is 1.08. The minimum absolute atomic E-state index is 0.0435. The Labute approximate surface area is 68.4 Å². The molecule has 4 heteroatoms. The van der Waals surface area contributed by atoms with Crippen LogP contribution < -0.4 is 0 Å². The molecule has 0 saturated carbocycles. The molecular weight excluding hydrogens is 163 g/mol. The van der Waals surface area contributed by atoms with Crippen molar-refractivity contribution in [3.8, 4) is 0 Å². The van der Waals surface area contributed by atoms with Crippen molar-refractivity contribution < 1.29 is 15.3 Å². The van der Waals surface area contributed by atoms with Gasteiger partial charge in [-0.05, 0) is 5.92 Å². The first-order valence-electron chi connectivity index (χ1n) is 3.78. The second-order valence-electron chi connectivity index (χ2n) is 3.34. The lowest BCUT2D eigenvalue weighted by Gasteiger charge is -2.21. The third kappa shape index (κ3) is 3.48. The Hall–Kier alpha value is 0.310. The van der Waals surface area contributed by atoms with Gasteiger partial charge in [-0.1, -0.05) is 13.8 Å². The lowest BCUT2D eigenvalue weighted by Crippen LogP contribution is -2.14. The first kappa shape index (κ1) is 11.3. The molecule has 0 radical (unpaired) electrons. The van der Waals surface area contributed by atoms with E-state index in [2.05, 4.69) is 0 Å². The molecule has 0 rings (SSSR count). The van der Waals surface area contributed by atoms with E-state index in [9.17, 15) is 0 Å². The Morgan fingerprint density at radius 1 is 1.00 bits per heavy atom. The topological polar surface area (TPSA) is 60.7 Å². The zero-order valence-electron chi connectivity index (χ0n) is 7.19. The molecule has 0 saturated heterocycles. The summed E-state index contributed by atoms with van der Waals surface area (Å²) in [6.45, 7) is 4.05. The van der Waals surface area contributed by atoms with Crippen molar-refractivity contribution in [2.45, 2.75) is 13.8 Å². The van der Waals surface area contributed by atoms with Crippen LogP contribution >= 0.6 is 7.26 Å². The minimum atomic E-state index is -1.83. The van der Waals surface area contributed by atoms with Crippen LogP contribution in [0.25, 0.3) is 0 Å². The van der Waals surface area contributed by atoms with E-state index in [0.29, 0.717) is 5.92 Å². The van der Waals surface area contributed by atoms with Crippen LogP contribution in [0, 0.1) is 5.92 Å². The summed E-state index contributed by atoms with van der Waals surface area (Å²) in [7, 11) is -1.83. The second kappa shape index (κ2) is 5.04. The van der Waals surface area contributed by atoms with Crippen molar-refractivity contribution in [3.63, 3.8) is 0 Å². The summed E-state index contributed by atoms with van der Waals surface area (Å²) in [5.74, 6) is 0.426. The molecule has 0 aromatic carbocycles. The monoisotopic (exact) mass is 181 g/mol. The molecule has 0 aromatic heterocycles. The molecule has 0 amide bonds. The van der Waals surface area contributed by atoms with Crippen LogP contribution in [0.2, 0.25) is 0 Å². The Kier molecular flexibility index (Phi) is 5.19. The highest BCUT2D eigenvalue weighted by Crippen LogP contribution is 2.56. The third-order valence-corrected chi connectivity index (χ3v) is 4.96. The van der Waals surface area contributed by atoms with Crippen LogP contribution in [0.15, 0.2) is 0 Å². The van der Waals surface area contributed by atoms with Crippen LogP contribution in [0.4, 0.5) is 0 Å². The number of hydrogen-bond acceptors (Lipinski definition) is 3. The average molecular weight is 181 g/mol. The van der Waals surface area contributed by atoms with Crippen LogP contribution in [0.5, 0.6) is 0 Å². The molecule has 0 heterocycles. The average Bonchev–Trinajstić information content (AvgIpc) is 2.00. The number of hydrogen-bond donors (Lipinski definition) is 3. The molecule has 0 aliphatic heterocycles. The third-order valence-electron chi connectivity index (χ3n) is 1.65. The van der Waals surface area contributed by atoms with E-state index in [4.69, 9.17) is 15.3 Å².